The molecule has 1 atom stereocenters. The van der Waals surface area contributed by atoms with Crippen molar-refractivity contribution in [3.63, 3.8) is 0 Å². The fourth-order valence-corrected chi connectivity index (χ4v) is 2.79. The third-order valence-corrected chi connectivity index (χ3v) is 4.13. The molecule has 0 bridgehead atoms. The molecule has 0 spiro atoms. The van der Waals surface area contributed by atoms with E-state index in [1.807, 2.05) is 0 Å². The molecule has 0 saturated heterocycles. The van der Waals surface area contributed by atoms with Crippen LogP contribution in [-0.4, -0.2) is 23.5 Å². The smallest absolute Gasteiger partial charge is 0.173 e. The number of hydrogen-bond acceptors (Lipinski definition) is 3. The lowest BCUT2D eigenvalue weighted by Gasteiger charge is -2.17. The molecule has 2 N–H and O–H groups in total. The van der Waals surface area contributed by atoms with Gasteiger partial charge in [-0.05, 0) is 27.6 Å². The average molecular weight is 381 g/mol. The van der Waals surface area contributed by atoms with Gasteiger partial charge in [-0.25, -0.2) is 8.78 Å². The Morgan fingerprint density at radius 2 is 2.19 bits per heavy atom. The highest BCUT2D eigenvalue weighted by Gasteiger charge is 2.23. The van der Waals surface area contributed by atoms with E-state index in [9.17, 15) is 8.78 Å². The van der Waals surface area contributed by atoms with E-state index in [4.69, 9.17) is 22.1 Å². The van der Waals surface area contributed by atoms with Crippen LogP contribution >= 0.6 is 27.5 Å². The first-order valence-electron chi connectivity index (χ1n) is 6.06. The van der Waals surface area contributed by atoms with Gasteiger partial charge in [-0.3, -0.25) is 4.68 Å². The maximum atomic E-state index is 13.6. The summed E-state index contributed by atoms with van der Waals surface area (Å²) >= 11 is 9.13. The molecule has 0 radical (unpaired) electrons. The van der Waals surface area contributed by atoms with Crippen LogP contribution in [0.1, 0.15) is 17.3 Å². The Kier molecular flexibility index (Phi) is 5.32. The summed E-state index contributed by atoms with van der Waals surface area (Å²) in [4.78, 5) is 0. The molecule has 0 fully saturated rings. The molecule has 0 aliphatic rings. The van der Waals surface area contributed by atoms with Crippen LogP contribution in [0.5, 0.6) is 0 Å². The van der Waals surface area contributed by atoms with Gasteiger partial charge in [0.2, 0.25) is 0 Å². The van der Waals surface area contributed by atoms with Crippen molar-refractivity contribution < 1.29 is 13.5 Å². The standard InChI is InChI=1S/C13H13BrClF2N3O/c1-21-5-4-20-13(8(15)6-19-20)12(18)7-2-3-9(16)11(17)10(7)14/h2-3,6,12H,4-5,18H2,1H3. The Labute approximate surface area is 134 Å². The van der Waals surface area contributed by atoms with Crippen LogP contribution in [0, 0.1) is 11.6 Å². The number of ether oxygens (including phenoxy) is 1. The third-order valence-electron chi connectivity index (χ3n) is 3.04. The number of nitrogens with zero attached hydrogens (tertiary/aromatic N) is 2. The van der Waals surface area contributed by atoms with Crippen LogP contribution < -0.4 is 5.73 Å². The van der Waals surface area contributed by atoms with Gasteiger partial charge in [0.05, 0.1) is 40.6 Å². The third kappa shape index (κ3) is 3.26. The zero-order chi connectivity index (χ0) is 15.6. The van der Waals surface area contributed by atoms with Crippen LogP contribution in [-0.2, 0) is 11.3 Å². The van der Waals surface area contributed by atoms with E-state index < -0.39 is 17.7 Å². The first kappa shape index (κ1) is 16.4. The highest BCUT2D eigenvalue weighted by molar-refractivity contribution is 9.10. The molecule has 1 heterocycles. The summed E-state index contributed by atoms with van der Waals surface area (Å²) in [5.41, 5.74) is 7.05. The Bertz CT molecular complexity index is 651. The van der Waals surface area contributed by atoms with Gasteiger partial charge in [0.25, 0.3) is 0 Å². The molecule has 2 rings (SSSR count). The Morgan fingerprint density at radius 1 is 1.48 bits per heavy atom. The molecule has 0 amide bonds. The Balaban J connectivity index is 2.43. The van der Waals surface area contributed by atoms with Gasteiger partial charge >= 0.3 is 0 Å². The van der Waals surface area contributed by atoms with Crippen molar-refractivity contribution >= 4 is 27.5 Å². The number of rotatable bonds is 5. The highest BCUT2D eigenvalue weighted by atomic mass is 79.9. The minimum Gasteiger partial charge on any atom is -0.383 e. The minimum absolute atomic E-state index is 0.0226. The molecule has 1 unspecified atom stereocenters. The van der Waals surface area contributed by atoms with Crippen molar-refractivity contribution in [1.82, 2.24) is 9.78 Å². The van der Waals surface area contributed by atoms with Crippen molar-refractivity contribution in [1.29, 1.82) is 0 Å². The molecule has 21 heavy (non-hydrogen) atoms. The van der Waals surface area contributed by atoms with E-state index in [1.165, 1.54) is 12.3 Å². The van der Waals surface area contributed by atoms with E-state index >= 15 is 0 Å². The van der Waals surface area contributed by atoms with E-state index in [1.54, 1.807) is 11.8 Å². The zero-order valence-electron chi connectivity index (χ0n) is 11.1. The number of benzene rings is 1. The zero-order valence-corrected chi connectivity index (χ0v) is 13.5. The monoisotopic (exact) mass is 379 g/mol. The summed E-state index contributed by atoms with van der Waals surface area (Å²) in [6, 6.07) is 1.69. The second-order valence-corrected chi connectivity index (χ2v) is 5.54. The second kappa shape index (κ2) is 6.83. The van der Waals surface area contributed by atoms with Gasteiger partial charge in [0, 0.05) is 7.11 Å². The topological polar surface area (TPSA) is 53.1 Å². The molecule has 1 aromatic heterocycles. The summed E-state index contributed by atoms with van der Waals surface area (Å²) in [6.45, 7) is 0.879. The lowest BCUT2D eigenvalue weighted by Crippen LogP contribution is -2.20. The molecule has 2 aromatic rings. The Morgan fingerprint density at radius 3 is 2.86 bits per heavy atom. The number of aromatic nitrogens is 2. The summed E-state index contributed by atoms with van der Waals surface area (Å²) in [5.74, 6) is -1.93. The predicted octanol–water partition coefficient (Wildman–Crippen LogP) is 3.27. The number of methoxy groups -OCH3 is 1. The largest absolute Gasteiger partial charge is 0.383 e. The first-order chi connectivity index (χ1) is 9.97. The lowest BCUT2D eigenvalue weighted by molar-refractivity contribution is 0.182. The molecule has 0 saturated carbocycles. The van der Waals surface area contributed by atoms with E-state index in [-0.39, 0.29) is 4.47 Å². The van der Waals surface area contributed by atoms with E-state index in [0.29, 0.717) is 29.4 Å². The first-order valence-corrected chi connectivity index (χ1v) is 7.23. The summed E-state index contributed by atoms with van der Waals surface area (Å²) in [6.07, 6.45) is 1.46. The normalized spacial score (nSPS) is 12.7. The fraction of sp³-hybridized carbons (Fsp3) is 0.308. The molecule has 0 aliphatic carbocycles. The van der Waals surface area contributed by atoms with Gasteiger partial charge in [0.1, 0.15) is 0 Å². The van der Waals surface area contributed by atoms with E-state index in [0.717, 1.165) is 6.07 Å². The maximum Gasteiger partial charge on any atom is 0.173 e. The van der Waals surface area contributed by atoms with Crippen LogP contribution in [0.15, 0.2) is 22.8 Å². The van der Waals surface area contributed by atoms with Gasteiger partial charge in [-0.2, -0.15) is 5.10 Å². The average Bonchev–Trinajstić information content (AvgIpc) is 2.83. The van der Waals surface area contributed by atoms with Crippen LogP contribution in [0.3, 0.4) is 0 Å². The summed E-state index contributed by atoms with van der Waals surface area (Å²) in [5, 5.41) is 4.47. The van der Waals surface area contributed by atoms with Gasteiger partial charge < -0.3 is 10.5 Å². The molecular weight excluding hydrogens is 368 g/mol. The molecule has 4 nitrogen and oxygen atoms in total. The molecular formula is C13H13BrClF2N3O. The van der Waals surface area contributed by atoms with E-state index in [2.05, 4.69) is 21.0 Å². The summed E-state index contributed by atoms with van der Waals surface area (Å²) in [7, 11) is 1.57. The lowest BCUT2D eigenvalue weighted by atomic mass is 10.0. The quantitative estimate of drug-likeness (QED) is 0.810. The van der Waals surface area contributed by atoms with Crippen molar-refractivity contribution in [2.75, 3.05) is 13.7 Å². The van der Waals surface area contributed by atoms with Gasteiger partial charge in [0.15, 0.2) is 11.6 Å². The van der Waals surface area contributed by atoms with Crippen molar-refractivity contribution in [2.24, 2.45) is 5.73 Å². The molecule has 1 aromatic carbocycles. The molecule has 8 heteroatoms. The van der Waals surface area contributed by atoms with Gasteiger partial charge in [-0.15, -0.1) is 0 Å². The second-order valence-electron chi connectivity index (χ2n) is 4.34. The Hall–Kier alpha value is -1.02. The molecule has 114 valence electrons. The van der Waals surface area contributed by atoms with Crippen LogP contribution in [0.4, 0.5) is 8.78 Å². The van der Waals surface area contributed by atoms with Gasteiger partial charge in [-0.1, -0.05) is 17.7 Å². The van der Waals surface area contributed by atoms with Crippen molar-refractivity contribution in [3.8, 4) is 0 Å². The van der Waals surface area contributed by atoms with Crippen LogP contribution in [0.2, 0.25) is 5.02 Å². The number of nitrogens with two attached hydrogens (primary N) is 1. The number of hydrogen-bond donors (Lipinski definition) is 1. The molecule has 0 aliphatic heterocycles. The van der Waals surface area contributed by atoms with Crippen molar-refractivity contribution in [2.45, 2.75) is 12.6 Å². The highest BCUT2D eigenvalue weighted by Crippen LogP contribution is 2.33. The maximum absolute atomic E-state index is 13.6. The summed E-state index contributed by atoms with van der Waals surface area (Å²) < 4.78 is 33.4. The van der Waals surface area contributed by atoms with Crippen LogP contribution in [0.25, 0.3) is 0 Å². The predicted molar refractivity (Wildman–Crippen MR) is 79.2 cm³/mol. The fourth-order valence-electron chi connectivity index (χ4n) is 1.97. The SMILES string of the molecule is COCCn1ncc(Cl)c1C(N)c1ccc(F)c(F)c1Br. The van der Waals surface area contributed by atoms with Crippen molar-refractivity contribution in [3.05, 3.63) is 50.7 Å². The minimum atomic E-state index is -0.984. The number of halogens is 4.